The summed E-state index contributed by atoms with van der Waals surface area (Å²) in [6, 6.07) is 13.8. The van der Waals surface area contributed by atoms with E-state index in [1.807, 2.05) is 0 Å². The van der Waals surface area contributed by atoms with Crippen molar-refractivity contribution in [2.45, 2.75) is 13.3 Å². The number of hydrogen-bond acceptors (Lipinski definition) is 5. The number of amides is 3. The Labute approximate surface area is 170 Å². The van der Waals surface area contributed by atoms with Crippen LogP contribution in [0.4, 0.5) is 17.1 Å². The lowest BCUT2D eigenvalue weighted by atomic mass is 10.2. The van der Waals surface area contributed by atoms with Crippen LogP contribution in [-0.2, 0) is 14.3 Å². The SMILES string of the molecule is CCC(=O)Nc1cccc(NCC(=O)Nc2cccc(C(=O)NCCOC)c2)c1. The van der Waals surface area contributed by atoms with Crippen LogP contribution in [0, 0.1) is 0 Å². The zero-order valence-electron chi connectivity index (χ0n) is 16.6. The molecular weight excluding hydrogens is 372 g/mol. The second kappa shape index (κ2) is 11.5. The summed E-state index contributed by atoms with van der Waals surface area (Å²) in [5.74, 6) is -0.571. The van der Waals surface area contributed by atoms with Gasteiger partial charge in [-0.1, -0.05) is 19.1 Å². The first kappa shape index (κ1) is 21.9. The van der Waals surface area contributed by atoms with Crippen LogP contribution in [0.1, 0.15) is 23.7 Å². The number of hydrogen-bond donors (Lipinski definition) is 4. The van der Waals surface area contributed by atoms with E-state index >= 15 is 0 Å². The molecule has 4 N–H and O–H groups in total. The monoisotopic (exact) mass is 398 g/mol. The molecule has 0 atom stereocenters. The normalized spacial score (nSPS) is 10.1. The van der Waals surface area contributed by atoms with E-state index in [2.05, 4.69) is 21.3 Å². The van der Waals surface area contributed by atoms with Crippen molar-refractivity contribution in [2.75, 3.05) is 42.8 Å². The summed E-state index contributed by atoms with van der Waals surface area (Å²) in [6.45, 7) is 2.65. The summed E-state index contributed by atoms with van der Waals surface area (Å²) < 4.78 is 4.90. The Hall–Kier alpha value is -3.39. The molecule has 0 aliphatic carbocycles. The van der Waals surface area contributed by atoms with E-state index in [0.29, 0.717) is 42.2 Å². The van der Waals surface area contributed by atoms with Gasteiger partial charge in [-0.2, -0.15) is 0 Å². The maximum atomic E-state index is 12.2. The summed E-state index contributed by atoms with van der Waals surface area (Å²) in [5.41, 5.74) is 2.35. The average molecular weight is 398 g/mol. The molecular formula is C21H26N4O4. The van der Waals surface area contributed by atoms with Gasteiger partial charge in [-0.15, -0.1) is 0 Å². The molecule has 0 unspecified atom stereocenters. The lowest BCUT2D eigenvalue weighted by molar-refractivity contribution is -0.116. The van der Waals surface area contributed by atoms with Gasteiger partial charge in [-0.25, -0.2) is 0 Å². The van der Waals surface area contributed by atoms with Gasteiger partial charge >= 0.3 is 0 Å². The number of nitrogens with one attached hydrogen (secondary N) is 4. The van der Waals surface area contributed by atoms with Gasteiger partial charge in [-0.3, -0.25) is 14.4 Å². The van der Waals surface area contributed by atoms with Gasteiger partial charge in [0, 0.05) is 42.7 Å². The summed E-state index contributed by atoms with van der Waals surface area (Å²) in [7, 11) is 1.56. The summed E-state index contributed by atoms with van der Waals surface area (Å²) >= 11 is 0. The van der Waals surface area contributed by atoms with E-state index in [1.165, 1.54) is 0 Å². The Morgan fingerprint density at radius 1 is 0.897 bits per heavy atom. The molecule has 0 fully saturated rings. The van der Waals surface area contributed by atoms with Gasteiger partial charge in [0.15, 0.2) is 0 Å². The van der Waals surface area contributed by atoms with Crippen molar-refractivity contribution < 1.29 is 19.1 Å². The van der Waals surface area contributed by atoms with Crippen LogP contribution in [-0.4, -0.2) is 44.5 Å². The molecule has 3 amide bonds. The lowest BCUT2D eigenvalue weighted by Gasteiger charge is -2.11. The van der Waals surface area contributed by atoms with E-state index in [-0.39, 0.29) is 24.3 Å². The Bertz CT molecular complexity index is 854. The number of methoxy groups -OCH3 is 1. The minimum Gasteiger partial charge on any atom is -0.383 e. The van der Waals surface area contributed by atoms with E-state index in [9.17, 15) is 14.4 Å². The lowest BCUT2D eigenvalue weighted by Crippen LogP contribution is -2.27. The predicted molar refractivity (Wildman–Crippen MR) is 113 cm³/mol. The van der Waals surface area contributed by atoms with Crippen molar-refractivity contribution in [1.29, 1.82) is 0 Å². The number of rotatable bonds is 10. The zero-order chi connectivity index (χ0) is 21.1. The van der Waals surface area contributed by atoms with Crippen LogP contribution < -0.4 is 21.3 Å². The van der Waals surface area contributed by atoms with Gasteiger partial charge in [0.2, 0.25) is 11.8 Å². The largest absolute Gasteiger partial charge is 0.383 e. The van der Waals surface area contributed by atoms with Crippen molar-refractivity contribution in [1.82, 2.24) is 5.32 Å². The molecule has 2 rings (SSSR count). The maximum absolute atomic E-state index is 12.2. The van der Waals surface area contributed by atoms with Crippen molar-refractivity contribution in [3.63, 3.8) is 0 Å². The molecule has 0 heterocycles. The number of carbonyl (C=O) groups excluding carboxylic acids is 3. The molecule has 0 aromatic heterocycles. The molecule has 0 spiro atoms. The number of anilines is 3. The smallest absolute Gasteiger partial charge is 0.251 e. The Balaban J connectivity index is 1.88. The van der Waals surface area contributed by atoms with E-state index in [0.717, 1.165) is 0 Å². The van der Waals surface area contributed by atoms with Crippen LogP contribution in [0.3, 0.4) is 0 Å². The Kier molecular flexibility index (Phi) is 8.65. The van der Waals surface area contributed by atoms with Crippen molar-refractivity contribution in [3.8, 4) is 0 Å². The van der Waals surface area contributed by atoms with Gasteiger partial charge in [0.25, 0.3) is 5.91 Å². The molecule has 0 aliphatic heterocycles. The zero-order valence-corrected chi connectivity index (χ0v) is 16.6. The van der Waals surface area contributed by atoms with Crippen molar-refractivity contribution in [3.05, 3.63) is 54.1 Å². The minimum atomic E-state index is -0.259. The molecule has 154 valence electrons. The van der Waals surface area contributed by atoms with E-state index < -0.39 is 0 Å². The summed E-state index contributed by atoms with van der Waals surface area (Å²) in [5, 5.41) is 11.3. The fourth-order valence-electron chi connectivity index (χ4n) is 2.45. The second-order valence-electron chi connectivity index (χ2n) is 6.21. The van der Waals surface area contributed by atoms with Gasteiger partial charge in [0.05, 0.1) is 13.2 Å². The molecule has 8 heteroatoms. The topological polar surface area (TPSA) is 109 Å². The quantitative estimate of drug-likeness (QED) is 0.460. The first-order valence-electron chi connectivity index (χ1n) is 9.32. The molecule has 0 saturated carbocycles. The molecule has 8 nitrogen and oxygen atoms in total. The fourth-order valence-corrected chi connectivity index (χ4v) is 2.45. The Morgan fingerprint density at radius 3 is 2.28 bits per heavy atom. The molecule has 2 aromatic rings. The molecule has 29 heavy (non-hydrogen) atoms. The third-order valence-corrected chi connectivity index (χ3v) is 3.92. The van der Waals surface area contributed by atoms with Crippen LogP contribution >= 0.6 is 0 Å². The highest BCUT2D eigenvalue weighted by atomic mass is 16.5. The third kappa shape index (κ3) is 7.63. The fraction of sp³-hybridized carbons (Fsp3) is 0.286. The summed E-state index contributed by atoms with van der Waals surface area (Å²) in [6.07, 6.45) is 0.392. The highest BCUT2D eigenvalue weighted by Gasteiger charge is 2.08. The van der Waals surface area contributed by atoms with Crippen LogP contribution in [0.15, 0.2) is 48.5 Å². The average Bonchev–Trinajstić information content (AvgIpc) is 2.72. The van der Waals surface area contributed by atoms with Crippen LogP contribution in [0.5, 0.6) is 0 Å². The molecule has 0 radical (unpaired) electrons. The molecule has 2 aromatic carbocycles. The molecule has 0 aliphatic rings. The number of carbonyl (C=O) groups is 3. The number of ether oxygens (including phenoxy) is 1. The molecule has 0 saturated heterocycles. The van der Waals surface area contributed by atoms with Crippen molar-refractivity contribution >= 4 is 34.8 Å². The first-order chi connectivity index (χ1) is 14.0. The summed E-state index contributed by atoms with van der Waals surface area (Å²) in [4.78, 5) is 35.8. The van der Waals surface area contributed by atoms with Gasteiger partial charge < -0.3 is 26.0 Å². The number of benzene rings is 2. The highest BCUT2D eigenvalue weighted by molar-refractivity contribution is 5.98. The minimum absolute atomic E-state index is 0.0371. The van der Waals surface area contributed by atoms with Crippen LogP contribution in [0.2, 0.25) is 0 Å². The first-order valence-corrected chi connectivity index (χ1v) is 9.32. The standard InChI is InChI=1S/C21H26N4O4/c1-3-19(26)24-18-9-5-7-16(13-18)23-14-20(27)25-17-8-4-6-15(12-17)21(28)22-10-11-29-2/h4-9,12-13,23H,3,10-11,14H2,1-2H3,(H,22,28)(H,24,26)(H,25,27). The molecule has 0 bridgehead atoms. The highest BCUT2D eigenvalue weighted by Crippen LogP contribution is 2.15. The van der Waals surface area contributed by atoms with Gasteiger partial charge in [-0.05, 0) is 36.4 Å². The van der Waals surface area contributed by atoms with Crippen LogP contribution in [0.25, 0.3) is 0 Å². The maximum Gasteiger partial charge on any atom is 0.251 e. The van der Waals surface area contributed by atoms with E-state index in [1.54, 1.807) is 62.6 Å². The predicted octanol–water partition coefficient (Wildman–Crippen LogP) is 2.46. The Morgan fingerprint density at radius 2 is 1.55 bits per heavy atom. The van der Waals surface area contributed by atoms with E-state index in [4.69, 9.17) is 4.74 Å². The second-order valence-corrected chi connectivity index (χ2v) is 6.21. The van der Waals surface area contributed by atoms with Crippen molar-refractivity contribution in [2.24, 2.45) is 0 Å². The van der Waals surface area contributed by atoms with Gasteiger partial charge in [0.1, 0.15) is 0 Å². The third-order valence-electron chi connectivity index (χ3n) is 3.92.